The van der Waals surface area contributed by atoms with Crippen LogP contribution in [0.3, 0.4) is 0 Å². The van der Waals surface area contributed by atoms with Crippen molar-refractivity contribution in [1.29, 1.82) is 0 Å². The van der Waals surface area contributed by atoms with Crippen molar-refractivity contribution in [1.82, 2.24) is 4.98 Å². The van der Waals surface area contributed by atoms with Gasteiger partial charge in [-0.05, 0) is 30.1 Å². The van der Waals surface area contributed by atoms with E-state index in [0.29, 0.717) is 12.3 Å². The number of hydrogen-bond acceptors (Lipinski definition) is 2. The standard InChI is InChI=1S/C9H10BrNO2/c1-2-13-9(12)8-4-3-7(11-8)5-6-10/h3-6,11H,2H2,1H3/b6-5+. The molecule has 13 heavy (non-hydrogen) atoms. The van der Waals surface area contributed by atoms with Gasteiger partial charge in [0.2, 0.25) is 0 Å². The van der Waals surface area contributed by atoms with E-state index < -0.39 is 0 Å². The molecule has 1 aromatic heterocycles. The van der Waals surface area contributed by atoms with Gasteiger partial charge in [0.1, 0.15) is 5.69 Å². The molecule has 0 amide bonds. The third-order valence-electron chi connectivity index (χ3n) is 1.45. The van der Waals surface area contributed by atoms with Gasteiger partial charge in [0.05, 0.1) is 6.61 Å². The van der Waals surface area contributed by atoms with Crippen LogP contribution in [0.1, 0.15) is 23.1 Å². The monoisotopic (exact) mass is 243 g/mol. The zero-order chi connectivity index (χ0) is 9.68. The van der Waals surface area contributed by atoms with Crippen molar-refractivity contribution in [3.05, 3.63) is 28.5 Å². The molecule has 0 aliphatic rings. The van der Waals surface area contributed by atoms with Crippen LogP contribution in [0.5, 0.6) is 0 Å². The molecular formula is C9H10BrNO2. The van der Waals surface area contributed by atoms with Crippen LogP contribution in [-0.2, 0) is 4.74 Å². The minimum Gasteiger partial charge on any atom is -0.461 e. The number of nitrogens with one attached hydrogen (secondary N) is 1. The molecule has 0 fully saturated rings. The van der Waals surface area contributed by atoms with Gasteiger partial charge in [-0.15, -0.1) is 0 Å². The highest BCUT2D eigenvalue weighted by atomic mass is 79.9. The molecule has 3 nitrogen and oxygen atoms in total. The summed E-state index contributed by atoms with van der Waals surface area (Å²) in [6, 6.07) is 3.50. The lowest BCUT2D eigenvalue weighted by Gasteiger charge is -1.97. The number of H-pyrrole nitrogens is 1. The first kappa shape index (κ1) is 10.1. The van der Waals surface area contributed by atoms with E-state index in [1.54, 1.807) is 18.0 Å². The molecular weight excluding hydrogens is 234 g/mol. The summed E-state index contributed by atoms with van der Waals surface area (Å²) in [7, 11) is 0. The summed E-state index contributed by atoms with van der Waals surface area (Å²) < 4.78 is 4.81. The highest BCUT2D eigenvalue weighted by molar-refractivity contribution is 9.11. The maximum absolute atomic E-state index is 11.2. The molecule has 0 aliphatic heterocycles. The molecule has 0 radical (unpaired) electrons. The second-order valence-electron chi connectivity index (χ2n) is 2.34. The molecule has 4 heteroatoms. The highest BCUT2D eigenvalue weighted by Crippen LogP contribution is 2.06. The first-order valence-corrected chi connectivity index (χ1v) is 4.82. The van der Waals surface area contributed by atoms with Gasteiger partial charge in [-0.1, -0.05) is 15.9 Å². The second kappa shape index (κ2) is 4.87. The van der Waals surface area contributed by atoms with E-state index in [-0.39, 0.29) is 5.97 Å². The third-order valence-corrected chi connectivity index (χ3v) is 1.71. The molecule has 1 heterocycles. The van der Waals surface area contributed by atoms with Gasteiger partial charge >= 0.3 is 5.97 Å². The van der Waals surface area contributed by atoms with Crippen molar-refractivity contribution in [2.24, 2.45) is 0 Å². The molecule has 1 N–H and O–H groups in total. The fraction of sp³-hybridized carbons (Fsp3) is 0.222. The Morgan fingerprint density at radius 2 is 2.46 bits per heavy atom. The van der Waals surface area contributed by atoms with Crippen LogP contribution in [0, 0.1) is 0 Å². The predicted octanol–water partition coefficient (Wildman–Crippen LogP) is 2.56. The van der Waals surface area contributed by atoms with Crippen molar-refractivity contribution in [3.8, 4) is 0 Å². The Balaban J connectivity index is 2.73. The Morgan fingerprint density at radius 3 is 3.08 bits per heavy atom. The topological polar surface area (TPSA) is 42.1 Å². The minimum atomic E-state index is -0.322. The molecule has 0 unspecified atom stereocenters. The summed E-state index contributed by atoms with van der Waals surface area (Å²) in [4.78, 5) is 15.8. The lowest BCUT2D eigenvalue weighted by atomic mass is 10.4. The summed E-state index contributed by atoms with van der Waals surface area (Å²) in [5, 5.41) is 0. The Morgan fingerprint density at radius 1 is 1.69 bits per heavy atom. The molecule has 1 aromatic rings. The van der Waals surface area contributed by atoms with E-state index in [1.165, 1.54) is 0 Å². The number of aromatic amines is 1. The van der Waals surface area contributed by atoms with Crippen LogP contribution < -0.4 is 0 Å². The fourth-order valence-electron chi connectivity index (χ4n) is 0.905. The highest BCUT2D eigenvalue weighted by Gasteiger charge is 2.06. The third kappa shape index (κ3) is 2.73. The summed E-state index contributed by atoms with van der Waals surface area (Å²) in [5.41, 5.74) is 1.34. The minimum absolute atomic E-state index is 0.322. The summed E-state index contributed by atoms with van der Waals surface area (Å²) in [5.74, 6) is -0.322. The average molecular weight is 244 g/mol. The quantitative estimate of drug-likeness (QED) is 0.830. The Kier molecular flexibility index (Phi) is 3.76. The summed E-state index contributed by atoms with van der Waals surface area (Å²) >= 11 is 3.15. The molecule has 0 atom stereocenters. The van der Waals surface area contributed by atoms with Gasteiger partial charge in [-0.25, -0.2) is 4.79 Å². The number of carbonyl (C=O) groups is 1. The van der Waals surface area contributed by atoms with E-state index in [2.05, 4.69) is 20.9 Å². The lowest BCUT2D eigenvalue weighted by molar-refractivity contribution is 0.0520. The maximum atomic E-state index is 11.2. The van der Waals surface area contributed by atoms with Crippen LogP contribution in [0.4, 0.5) is 0 Å². The van der Waals surface area contributed by atoms with Crippen molar-refractivity contribution in [2.45, 2.75) is 6.92 Å². The van der Waals surface area contributed by atoms with Gasteiger partial charge in [0, 0.05) is 5.69 Å². The van der Waals surface area contributed by atoms with Crippen LogP contribution in [0.25, 0.3) is 6.08 Å². The summed E-state index contributed by atoms with van der Waals surface area (Å²) in [6.07, 6.45) is 1.81. The Bertz CT molecular complexity index is 317. The number of halogens is 1. The zero-order valence-corrected chi connectivity index (χ0v) is 8.80. The number of esters is 1. The van der Waals surface area contributed by atoms with Gasteiger partial charge in [-0.2, -0.15) is 0 Å². The normalized spacial score (nSPS) is 10.6. The van der Waals surface area contributed by atoms with Crippen molar-refractivity contribution in [2.75, 3.05) is 6.61 Å². The van der Waals surface area contributed by atoms with Crippen molar-refractivity contribution < 1.29 is 9.53 Å². The van der Waals surface area contributed by atoms with Crippen LogP contribution in [-0.4, -0.2) is 17.6 Å². The van der Waals surface area contributed by atoms with E-state index in [9.17, 15) is 4.79 Å². The van der Waals surface area contributed by atoms with Crippen LogP contribution >= 0.6 is 15.9 Å². The smallest absolute Gasteiger partial charge is 0.354 e. The Labute approximate surface area is 84.9 Å². The number of carbonyl (C=O) groups excluding carboxylic acids is 1. The molecule has 0 saturated carbocycles. The van der Waals surface area contributed by atoms with E-state index in [1.807, 2.05) is 12.1 Å². The van der Waals surface area contributed by atoms with Crippen molar-refractivity contribution in [3.63, 3.8) is 0 Å². The molecule has 0 spiro atoms. The number of hydrogen-bond donors (Lipinski definition) is 1. The first-order chi connectivity index (χ1) is 6.27. The summed E-state index contributed by atoms with van der Waals surface area (Å²) in [6.45, 7) is 2.17. The maximum Gasteiger partial charge on any atom is 0.354 e. The van der Waals surface area contributed by atoms with Crippen LogP contribution in [0.2, 0.25) is 0 Å². The van der Waals surface area contributed by atoms with Crippen LogP contribution in [0.15, 0.2) is 17.1 Å². The van der Waals surface area contributed by atoms with Gasteiger partial charge < -0.3 is 9.72 Å². The number of rotatable bonds is 3. The molecule has 0 aromatic carbocycles. The van der Waals surface area contributed by atoms with Gasteiger partial charge in [0.15, 0.2) is 0 Å². The molecule has 1 rings (SSSR count). The predicted molar refractivity (Wildman–Crippen MR) is 54.7 cm³/mol. The molecule has 0 aliphatic carbocycles. The SMILES string of the molecule is CCOC(=O)c1ccc(/C=C/Br)[nH]1. The first-order valence-electron chi connectivity index (χ1n) is 3.90. The van der Waals surface area contributed by atoms with Crippen molar-refractivity contribution >= 4 is 28.0 Å². The van der Waals surface area contributed by atoms with E-state index in [4.69, 9.17) is 4.74 Å². The Hall–Kier alpha value is -1.03. The molecule has 0 saturated heterocycles. The number of ether oxygens (including phenoxy) is 1. The fourth-order valence-corrected chi connectivity index (χ4v) is 1.19. The molecule has 0 bridgehead atoms. The number of aromatic nitrogens is 1. The largest absolute Gasteiger partial charge is 0.461 e. The lowest BCUT2D eigenvalue weighted by Crippen LogP contribution is -2.04. The molecule has 70 valence electrons. The van der Waals surface area contributed by atoms with E-state index in [0.717, 1.165) is 5.69 Å². The second-order valence-corrected chi connectivity index (χ2v) is 2.87. The average Bonchev–Trinajstić information content (AvgIpc) is 2.54. The zero-order valence-electron chi connectivity index (χ0n) is 7.21. The van der Waals surface area contributed by atoms with Gasteiger partial charge in [-0.3, -0.25) is 0 Å². The van der Waals surface area contributed by atoms with Gasteiger partial charge in [0.25, 0.3) is 0 Å². The van der Waals surface area contributed by atoms with E-state index >= 15 is 0 Å².